The predicted octanol–water partition coefficient (Wildman–Crippen LogP) is 3.36. The van der Waals surface area contributed by atoms with E-state index in [1.54, 1.807) is 12.2 Å². The Balaban J connectivity index is 1.61. The molecule has 3 atom stereocenters. The highest BCUT2D eigenvalue weighted by Gasteiger charge is 2.43. The molecule has 7 nitrogen and oxygen atoms in total. The third-order valence-corrected chi connectivity index (χ3v) is 4.67. The van der Waals surface area contributed by atoms with Crippen LogP contribution in [0.25, 0.3) is 0 Å². The van der Waals surface area contributed by atoms with Crippen LogP contribution in [0.1, 0.15) is 25.2 Å². The average molecular weight is 428 g/mol. The lowest BCUT2D eigenvalue weighted by atomic mass is 10.1. The normalized spacial score (nSPS) is 21.3. The number of aliphatic hydroxyl groups is 1. The van der Waals surface area contributed by atoms with E-state index in [0.717, 1.165) is 5.56 Å². The van der Waals surface area contributed by atoms with E-state index in [4.69, 9.17) is 28.5 Å². The zero-order chi connectivity index (χ0) is 22.3. The lowest BCUT2D eigenvalue weighted by Gasteiger charge is -2.23. The lowest BCUT2D eigenvalue weighted by Crippen LogP contribution is -2.35. The monoisotopic (exact) mass is 428 g/mol. The van der Waals surface area contributed by atoms with Crippen LogP contribution in [0.5, 0.6) is 5.75 Å². The summed E-state index contributed by atoms with van der Waals surface area (Å²) in [6.07, 6.45) is 5.32. The third kappa shape index (κ3) is 6.38. The molecule has 0 bridgehead atoms. The zero-order valence-corrected chi connectivity index (χ0v) is 17.7. The van der Waals surface area contributed by atoms with Crippen LogP contribution in [0.2, 0.25) is 0 Å². The fourth-order valence-electron chi connectivity index (χ4n) is 3.24. The van der Waals surface area contributed by atoms with Gasteiger partial charge in [-0.05, 0) is 25.5 Å². The van der Waals surface area contributed by atoms with Crippen LogP contribution in [0, 0.1) is 0 Å². The van der Waals surface area contributed by atoms with Gasteiger partial charge in [0.1, 0.15) is 43.5 Å². The first-order chi connectivity index (χ1) is 14.9. The van der Waals surface area contributed by atoms with Crippen molar-refractivity contribution in [2.45, 2.75) is 51.2 Å². The van der Waals surface area contributed by atoms with E-state index < -0.39 is 5.79 Å². The summed E-state index contributed by atoms with van der Waals surface area (Å²) in [4.78, 5) is 11.9. The Labute approximate surface area is 181 Å². The van der Waals surface area contributed by atoms with Crippen molar-refractivity contribution in [2.75, 3.05) is 6.61 Å². The lowest BCUT2D eigenvalue weighted by molar-refractivity contribution is -0.154. The molecule has 1 N–H and O–H groups in total. The summed E-state index contributed by atoms with van der Waals surface area (Å²) in [5, 5.41) is 9.00. The minimum Gasteiger partial charge on any atom is -0.482 e. The maximum atomic E-state index is 11.9. The maximum Gasteiger partial charge on any atom is 0.227 e. The van der Waals surface area contributed by atoms with E-state index in [2.05, 4.69) is 6.58 Å². The SMILES string of the molecule is C=C[C@@H](OCc1ccccc1)[C@H]1OC(C)(C)O[C@@H]1/C=C/COc1coc(CO)cc1=O. The second kappa shape index (κ2) is 10.5. The largest absolute Gasteiger partial charge is 0.482 e. The standard InChI is InChI=1S/C24H28O7/c1-4-20(29-15-17-9-6-5-7-10-17)23-21(30-24(2,3)31-23)11-8-12-27-22-16-28-18(14-25)13-19(22)26/h4-11,13,16,20-21,23,25H,1,12,14-15H2,2-3H3/b11-8+/t20-,21-,23-/m1/s1. The van der Waals surface area contributed by atoms with Gasteiger partial charge >= 0.3 is 0 Å². The van der Waals surface area contributed by atoms with Gasteiger partial charge in [0, 0.05) is 6.07 Å². The van der Waals surface area contributed by atoms with Crippen LogP contribution < -0.4 is 10.2 Å². The van der Waals surface area contributed by atoms with Gasteiger partial charge in [-0.15, -0.1) is 6.58 Å². The molecule has 3 rings (SSSR count). The van der Waals surface area contributed by atoms with Crippen molar-refractivity contribution in [2.24, 2.45) is 0 Å². The smallest absolute Gasteiger partial charge is 0.227 e. The highest BCUT2D eigenvalue weighted by molar-refractivity contribution is 5.18. The van der Waals surface area contributed by atoms with Gasteiger partial charge in [-0.1, -0.05) is 42.5 Å². The number of ether oxygens (including phenoxy) is 4. The van der Waals surface area contributed by atoms with E-state index in [-0.39, 0.29) is 48.5 Å². The molecule has 7 heteroatoms. The molecule has 1 aliphatic rings. The molecular weight excluding hydrogens is 400 g/mol. The number of hydrogen-bond donors (Lipinski definition) is 1. The molecule has 1 aromatic heterocycles. The minimum absolute atomic E-state index is 0.0671. The molecule has 0 amide bonds. The molecule has 2 heterocycles. The van der Waals surface area contributed by atoms with E-state index in [1.807, 2.05) is 50.3 Å². The molecule has 0 aliphatic carbocycles. The summed E-state index contributed by atoms with van der Waals surface area (Å²) in [5.74, 6) is -0.531. The molecule has 166 valence electrons. The third-order valence-electron chi connectivity index (χ3n) is 4.67. The average Bonchev–Trinajstić information content (AvgIpc) is 3.07. The van der Waals surface area contributed by atoms with Crippen molar-refractivity contribution >= 4 is 0 Å². The van der Waals surface area contributed by atoms with Gasteiger partial charge in [0.25, 0.3) is 0 Å². The Kier molecular flexibility index (Phi) is 7.81. The Morgan fingerprint density at radius 2 is 2.03 bits per heavy atom. The van der Waals surface area contributed by atoms with Crippen LogP contribution >= 0.6 is 0 Å². The molecule has 0 saturated carbocycles. The number of aliphatic hydroxyl groups excluding tert-OH is 1. The summed E-state index contributed by atoms with van der Waals surface area (Å²) in [7, 11) is 0. The second-order valence-corrected chi connectivity index (χ2v) is 7.53. The number of hydrogen-bond acceptors (Lipinski definition) is 7. The quantitative estimate of drug-likeness (QED) is 0.581. The highest BCUT2D eigenvalue weighted by atomic mass is 16.8. The summed E-state index contributed by atoms with van der Waals surface area (Å²) in [6, 6.07) is 11.1. The molecule has 31 heavy (non-hydrogen) atoms. The van der Waals surface area contributed by atoms with Crippen molar-refractivity contribution in [1.82, 2.24) is 0 Å². The van der Waals surface area contributed by atoms with Gasteiger partial charge in [0.05, 0.1) is 6.61 Å². The number of rotatable bonds is 10. The van der Waals surface area contributed by atoms with Crippen LogP contribution in [0.4, 0.5) is 0 Å². The van der Waals surface area contributed by atoms with Crippen LogP contribution in [0.3, 0.4) is 0 Å². The summed E-state index contributed by atoms with van der Waals surface area (Å²) >= 11 is 0. The minimum atomic E-state index is -0.779. The van der Waals surface area contributed by atoms with Crippen molar-refractivity contribution < 1.29 is 28.5 Å². The summed E-state index contributed by atoms with van der Waals surface area (Å²) in [5.41, 5.74) is 0.697. The van der Waals surface area contributed by atoms with Crippen molar-refractivity contribution in [1.29, 1.82) is 0 Å². The summed E-state index contributed by atoms with van der Waals surface area (Å²) < 4.78 is 28.7. The van der Waals surface area contributed by atoms with Crippen LogP contribution in [0.15, 0.2) is 76.7 Å². The first-order valence-electron chi connectivity index (χ1n) is 10.1. The summed E-state index contributed by atoms with van der Waals surface area (Å²) in [6.45, 7) is 7.79. The van der Waals surface area contributed by atoms with E-state index in [9.17, 15) is 4.79 Å². The Morgan fingerprint density at radius 3 is 2.71 bits per heavy atom. The second-order valence-electron chi connectivity index (χ2n) is 7.53. The van der Waals surface area contributed by atoms with Crippen molar-refractivity contribution in [3.05, 3.63) is 89.0 Å². The van der Waals surface area contributed by atoms with Gasteiger partial charge in [-0.3, -0.25) is 4.79 Å². The van der Waals surface area contributed by atoms with Gasteiger partial charge in [0.15, 0.2) is 5.79 Å². The Hall–Kier alpha value is -2.71. The molecule has 2 aromatic rings. The Morgan fingerprint density at radius 1 is 1.26 bits per heavy atom. The van der Waals surface area contributed by atoms with E-state index in [0.29, 0.717) is 6.61 Å². The first kappa shape index (κ1) is 23.0. The molecule has 1 aliphatic heterocycles. The zero-order valence-electron chi connectivity index (χ0n) is 17.7. The van der Waals surface area contributed by atoms with Crippen LogP contribution in [-0.2, 0) is 27.4 Å². The van der Waals surface area contributed by atoms with Gasteiger partial charge < -0.3 is 28.5 Å². The fraction of sp³-hybridized carbons (Fsp3) is 0.375. The molecular formula is C24H28O7. The molecule has 0 radical (unpaired) electrons. The van der Waals surface area contributed by atoms with E-state index >= 15 is 0 Å². The molecule has 1 fully saturated rings. The van der Waals surface area contributed by atoms with Gasteiger partial charge in [-0.2, -0.15) is 0 Å². The fourth-order valence-corrected chi connectivity index (χ4v) is 3.24. The van der Waals surface area contributed by atoms with Crippen molar-refractivity contribution in [3.63, 3.8) is 0 Å². The predicted molar refractivity (Wildman–Crippen MR) is 115 cm³/mol. The Bertz CT molecular complexity index is 932. The van der Waals surface area contributed by atoms with Crippen molar-refractivity contribution in [3.8, 4) is 5.75 Å². The topological polar surface area (TPSA) is 87.4 Å². The van der Waals surface area contributed by atoms with Crippen LogP contribution in [-0.4, -0.2) is 35.8 Å². The number of benzene rings is 1. The van der Waals surface area contributed by atoms with Gasteiger partial charge in [0.2, 0.25) is 11.2 Å². The van der Waals surface area contributed by atoms with Gasteiger partial charge in [-0.25, -0.2) is 0 Å². The maximum absolute atomic E-state index is 11.9. The molecule has 0 spiro atoms. The first-order valence-corrected chi connectivity index (χ1v) is 10.1. The highest BCUT2D eigenvalue weighted by Crippen LogP contribution is 2.32. The molecule has 1 aromatic carbocycles. The molecule has 1 saturated heterocycles. The molecule has 0 unspecified atom stereocenters. The van der Waals surface area contributed by atoms with E-state index in [1.165, 1.54) is 12.3 Å².